The van der Waals surface area contributed by atoms with Gasteiger partial charge in [-0.25, -0.2) is 0 Å². The predicted molar refractivity (Wildman–Crippen MR) is 87.4 cm³/mol. The third-order valence-electron chi connectivity index (χ3n) is 4.11. The van der Waals surface area contributed by atoms with E-state index in [0.717, 1.165) is 36.6 Å². The van der Waals surface area contributed by atoms with Gasteiger partial charge in [0, 0.05) is 23.3 Å². The van der Waals surface area contributed by atoms with E-state index in [2.05, 4.69) is 12.2 Å². The zero-order chi connectivity index (χ0) is 15.7. The monoisotopic (exact) mass is 338 g/mol. The molecule has 0 saturated carbocycles. The quantitative estimate of drug-likeness (QED) is 0.915. The van der Waals surface area contributed by atoms with Gasteiger partial charge in [0.15, 0.2) is 0 Å². The summed E-state index contributed by atoms with van der Waals surface area (Å²) in [6.45, 7) is 2.79. The van der Waals surface area contributed by atoms with Gasteiger partial charge in [-0.15, -0.1) is 11.3 Å². The van der Waals surface area contributed by atoms with E-state index in [1.807, 2.05) is 5.38 Å². The van der Waals surface area contributed by atoms with Gasteiger partial charge in [-0.3, -0.25) is 19.3 Å². The highest BCUT2D eigenvalue weighted by atomic mass is 32.2. The number of carbonyl (C=O) groups excluding carboxylic acids is 3. The molecule has 118 valence electrons. The zero-order valence-electron chi connectivity index (χ0n) is 12.4. The molecule has 0 spiro atoms. The Kier molecular flexibility index (Phi) is 4.54. The van der Waals surface area contributed by atoms with Crippen molar-refractivity contribution in [2.45, 2.75) is 26.2 Å². The van der Waals surface area contributed by atoms with Crippen LogP contribution in [0.3, 0.4) is 0 Å². The number of rotatable bonds is 4. The van der Waals surface area contributed by atoms with E-state index in [4.69, 9.17) is 0 Å². The fourth-order valence-corrected chi connectivity index (χ4v) is 4.84. The number of thiophene rings is 1. The van der Waals surface area contributed by atoms with Crippen molar-refractivity contribution < 1.29 is 14.4 Å². The van der Waals surface area contributed by atoms with Crippen molar-refractivity contribution in [3.63, 3.8) is 0 Å². The van der Waals surface area contributed by atoms with Gasteiger partial charge in [0.1, 0.15) is 0 Å². The molecule has 1 fully saturated rings. The van der Waals surface area contributed by atoms with Gasteiger partial charge in [0.2, 0.25) is 5.91 Å². The number of hydrogen-bond donors (Lipinski definition) is 1. The maximum atomic E-state index is 12.3. The number of nitrogens with zero attached hydrogens (tertiary/aromatic N) is 1. The first-order chi connectivity index (χ1) is 10.6. The van der Waals surface area contributed by atoms with Crippen LogP contribution in [0.15, 0.2) is 5.38 Å². The van der Waals surface area contributed by atoms with Crippen LogP contribution < -0.4 is 5.32 Å². The topological polar surface area (TPSA) is 66.5 Å². The van der Waals surface area contributed by atoms with E-state index < -0.39 is 0 Å². The Labute approximate surface area is 137 Å². The van der Waals surface area contributed by atoms with Crippen molar-refractivity contribution in [1.82, 2.24) is 10.2 Å². The minimum Gasteiger partial charge on any atom is -0.350 e. The van der Waals surface area contributed by atoms with Gasteiger partial charge in [0.05, 0.1) is 11.3 Å². The summed E-state index contributed by atoms with van der Waals surface area (Å²) in [6.07, 6.45) is 3.14. The summed E-state index contributed by atoms with van der Waals surface area (Å²) in [5.74, 6) is 0.625. The normalized spacial score (nSPS) is 21.1. The minimum absolute atomic E-state index is 0.0983. The molecule has 0 aromatic carbocycles. The molecule has 1 aromatic heterocycles. The molecule has 0 radical (unpaired) electrons. The van der Waals surface area contributed by atoms with E-state index in [1.165, 1.54) is 15.3 Å². The number of thioether (sulfide) groups is 1. The van der Waals surface area contributed by atoms with Crippen LogP contribution in [0.5, 0.6) is 0 Å². The van der Waals surface area contributed by atoms with Gasteiger partial charge in [-0.2, -0.15) is 0 Å². The first-order valence-electron chi connectivity index (χ1n) is 7.41. The molecule has 22 heavy (non-hydrogen) atoms. The van der Waals surface area contributed by atoms with E-state index >= 15 is 0 Å². The first-order valence-corrected chi connectivity index (χ1v) is 9.27. The van der Waals surface area contributed by atoms with Crippen LogP contribution in [-0.2, 0) is 17.6 Å². The molecule has 1 N–H and O–H groups in total. The molecule has 1 aliphatic heterocycles. The summed E-state index contributed by atoms with van der Waals surface area (Å²) in [5, 5.41) is 4.54. The van der Waals surface area contributed by atoms with Crippen molar-refractivity contribution in [1.29, 1.82) is 0 Å². The molecule has 5 nitrogen and oxygen atoms in total. The van der Waals surface area contributed by atoms with Crippen LogP contribution in [0.25, 0.3) is 0 Å². The molecule has 1 saturated heterocycles. The Balaban J connectivity index is 1.57. The Bertz CT molecular complexity index is 610. The summed E-state index contributed by atoms with van der Waals surface area (Å²) in [7, 11) is 0. The summed E-state index contributed by atoms with van der Waals surface area (Å²) in [4.78, 5) is 37.8. The summed E-state index contributed by atoms with van der Waals surface area (Å²) < 4.78 is 0. The second-order valence-corrected chi connectivity index (χ2v) is 7.65. The highest BCUT2D eigenvalue weighted by Gasteiger charge is 2.29. The highest BCUT2D eigenvalue weighted by molar-refractivity contribution is 8.14. The van der Waals surface area contributed by atoms with E-state index in [1.54, 1.807) is 11.3 Å². The van der Waals surface area contributed by atoms with Crippen LogP contribution in [0.2, 0.25) is 0 Å². The van der Waals surface area contributed by atoms with Crippen molar-refractivity contribution in [2.75, 3.05) is 18.8 Å². The van der Waals surface area contributed by atoms with Crippen molar-refractivity contribution in [2.24, 2.45) is 5.92 Å². The largest absolute Gasteiger partial charge is 0.350 e. The van der Waals surface area contributed by atoms with Gasteiger partial charge in [0.25, 0.3) is 11.1 Å². The molecule has 1 aliphatic carbocycles. The number of carbonyl (C=O) groups is 3. The maximum Gasteiger partial charge on any atom is 0.288 e. The number of amides is 3. The molecule has 3 rings (SSSR count). The fourth-order valence-electron chi connectivity index (χ4n) is 2.84. The Morgan fingerprint density at radius 3 is 3.00 bits per heavy atom. The standard InChI is InChI=1S/C15H18N2O3S2/c1-9-2-3-10-11(7-21-12(10)6-9)14(19)16-4-5-17-13(18)8-22-15(17)20/h7,9H,2-6,8H2,1H3,(H,16,19). The molecule has 1 atom stereocenters. The molecular formula is C15H18N2O3S2. The average Bonchev–Trinajstić information content (AvgIpc) is 3.04. The van der Waals surface area contributed by atoms with E-state index in [-0.39, 0.29) is 29.4 Å². The minimum atomic E-state index is -0.221. The molecular weight excluding hydrogens is 320 g/mol. The van der Waals surface area contributed by atoms with E-state index in [0.29, 0.717) is 12.5 Å². The summed E-state index contributed by atoms with van der Waals surface area (Å²) >= 11 is 2.68. The lowest BCUT2D eigenvalue weighted by atomic mass is 9.88. The maximum absolute atomic E-state index is 12.3. The van der Waals surface area contributed by atoms with Crippen LogP contribution in [0, 0.1) is 5.92 Å². The molecule has 1 unspecified atom stereocenters. The lowest BCUT2D eigenvalue weighted by Gasteiger charge is -2.19. The fraction of sp³-hybridized carbons (Fsp3) is 0.533. The van der Waals surface area contributed by atoms with E-state index in [9.17, 15) is 14.4 Å². The molecule has 3 amide bonds. The van der Waals surface area contributed by atoms with Crippen LogP contribution >= 0.6 is 23.1 Å². The third kappa shape index (κ3) is 3.05. The summed E-state index contributed by atoms with van der Waals surface area (Å²) in [5.41, 5.74) is 1.95. The van der Waals surface area contributed by atoms with Gasteiger partial charge in [-0.05, 0) is 30.7 Å². The Morgan fingerprint density at radius 1 is 1.45 bits per heavy atom. The smallest absolute Gasteiger partial charge is 0.288 e. The molecule has 2 heterocycles. The second kappa shape index (κ2) is 6.42. The molecule has 2 aliphatic rings. The van der Waals surface area contributed by atoms with Crippen LogP contribution in [0.1, 0.15) is 34.1 Å². The van der Waals surface area contributed by atoms with Gasteiger partial charge >= 0.3 is 0 Å². The Morgan fingerprint density at radius 2 is 2.27 bits per heavy atom. The number of hydrogen-bond acceptors (Lipinski definition) is 5. The van der Waals surface area contributed by atoms with Crippen molar-refractivity contribution in [3.05, 3.63) is 21.4 Å². The molecule has 1 aromatic rings. The number of imide groups is 1. The van der Waals surface area contributed by atoms with Gasteiger partial charge in [-0.1, -0.05) is 18.7 Å². The number of nitrogens with one attached hydrogen (secondary N) is 1. The Hall–Kier alpha value is -1.34. The third-order valence-corrected chi connectivity index (χ3v) is 6.02. The van der Waals surface area contributed by atoms with Crippen LogP contribution in [-0.4, -0.2) is 40.8 Å². The van der Waals surface area contributed by atoms with Crippen LogP contribution in [0.4, 0.5) is 4.79 Å². The summed E-state index contributed by atoms with van der Waals surface area (Å²) in [6, 6.07) is 0. The molecule has 7 heteroatoms. The molecule has 0 bridgehead atoms. The van der Waals surface area contributed by atoms with Crippen molar-refractivity contribution in [3.8, 4) is 0 Å². The highest BCUT2D eigenvalue weighted by Crippen LogP contribution is 2.32. The van der Waals surface area contributed by atoms with Gasteiger partial charge < -0.3 is 5.32 Å². The number of fused-ring (bicyclic) bond motifs is 1. The van der Waals surface area contributed by atoms with Crippen molar-refractivity contribution >= 4 is 40.2 Å². The lowest BCUT2D eigenvalue weighted by Crippen LogP contribution is -2.37. The second-order valence-electron chi connectivity index (χ2n) is 5.75. The SMILES string of the molecule is CC1CCc2c(C(=O)NCCN3C(=O)CSC3=O)csc2C1. The average molecular weight is 338 g/mol. The first kappa shape index (κ1) is 15.6. The lowest BCUT2D eigenvalue weighted by molar-refractivity contribution is -0.124. The predicted octanol–water partition coefficient (Wildman–Crippen LogP) is 2.30. The zero-order valence-corrected chi connectivity index (χ0v) is 14.0.